The van der Waals surface area contributed by atoms with Crippen molar-refractivity contribution in [2.24, 2.45) is 0 Å². The molecule has 0 saturated heterocycles. The van der Waals surface area contributed by atoms with E-state index in [0.29, 0.717) is 36.9 Å². The number of aliphatic carboxylic acids is 1. The summed E-state index contributed by atoms with van der Waals surface area (Å²) in [7, 11) is 0. The molecule has 1 N–H and O–H groups in total. The number of hydrogen-bond acceptors (Lipinski definition) is 5. The Kier molecular flexibility index (Phi) is 12.2. The molecule has 0 unspecified atom stereocenters. The number of hydrogen-bond donors (Lipinski definition) is 1. The second-order valence-corrected chi connectivity index (χ2v) is 8.39. The molecule has 3 aromatic rings. The van der Waals surface area contributed by atoms with Crippen molar-refractivity contribution in [3.8, 4) is 35.2 Å². The minimum absolute atomic E-state index is 0.0359. The quantitative estimate of drug-likeness (QED) is 0.262. The Morgan fingerprint density at radius 3 is 1.73 bits per heavy atom. The van der Waals surface area contributed by atoms with Gasteiger partial charge in [0.25, 0.3) is 0 Å². The SMILES string of the molecule is CCOC(=O)Cc1cccc(OCC=CC#Cc2ccc(C#CC=CCOc3cccc(CC(=O)O)c3)cc2)c1. The first-order chi connectivity index (χ1) is 19.5. The second kappa shape index (κ2) is 16.6. The summed E-state index contributed by atoms with van der Waals surface area (Å²) < 4.78 is 16.3. The van der Waals surface area contributed by atoms with Crippen molar-refractivity contribution in [1.82, 2.24) is 0 Å². The summed E-state index contributed by atoms with van der Waals surface area (Å²) in [6, 6.07) is 22.1. The number of ether oxygens (including phenoxy) is 3. The molecule has 3 rings (SSSR count). The standard InChI is InChI=1S/C34H30O6/c1-2-38-34(37)26-30-14-10-16-32(24-30)40-22-8-4-6-12-28-19-17-27(18-20-28)11-5-3-7-21-39-31-15-9-13-29(23-31)25-33(35)36/h3-4,7-10,13-20,23-24H,2,21-22,25-26H2,1H3,(H,35,36). The Hall–Kier alpha value is -5.20. The second-order valence-electron chi connectivity index (χ2n) is 8.39. The van der Waals surface area contributed by atoms with Gasteiger partial charge in [0.15, 0.2) is 0 Å². The number of esters is 1. The lowest BCUT2D eigenvalue weighted by atomic mass is 10.1. The zero-order valence-corrected chi connectivity index (χ0v) is 22.3. The van der Waals surface area contributed by atoms with Gasteiger partial charge >= 0.3 is 11.9 Å². The van der Waals surface area contributed by atoms with Crippen LogP contribution in [0.15, 0.2) is 97.1 Å². The molecule has 6 heteroatoms. The van der Waals surface area contributed by atoms with Crippen LogP contribution < -0.4 is 9.47 Å². The van der Waals surface area contributed by atoms with Gasteiger partial charge < -0.3 is 19.3 Å². The molecule has 0 amide bonds. The van der Waals surface area contributed by atoms with Gasteiger partial charge in [0, 0.05) is 11.1 Å². The summed E-state index contributed by atoms with van der Waals surface area (Å²) in [5, 5.41) is 8.88. The van der Waals surface area contributed by atoms with Crippen LogP contribution in [-0.2, 0) is 27.2 Å². The first-order valence-electron chi connectivity index (χ1n) is 12.8. The first-order valence-corrected chi connectivity index (χ1v) is 12.8. The maximum absolute atomic E-state index is 11.6. The maximum Gasteiger partial charge on any atom is 0.310 e. The monoisotopic (exact) mass is 534 g/mol. The van der Waals surface area contributed by atoms with Crippen molar-refractivity contribution in [2.45, 2.75) is 19.8 Å². The molecule has 202 valence electrons. The molecule has 0 radical (unpaired) electrons. The number of carbonyl (C=O) groups is 2. The van der Waals surface area contributed by atoms with Crippen LogP contribution in [0.1, 0.15) is 29.2 Å². The molecule has 0 fully saturated rings. The van der Waals surface area contributed by atoms with Gasteiger partial charge in [-0.2, -0.15) is 0 Å². The van der Waals surface area contributed by atoms with E-state index in [0.717, 1.165) is 16.7 Å². The predicted molar refractivity (Wildman–Crippen MR) is 154 cm³/mol. The fourth-order valence-corrected chi connectivity index (χ4v) is 3.43. The highest BCUT2D eigenvalue weighted by atomic mass is 16.5. The van der Waals surface area contributed by atoms with E-state index in [1.54, 1.807) is 49.4 Å². The Labute approximate surface area is 234 Å². The van der Waals surface area contributed by atoms with Gasteiger partial charge in [-0.1, -0.05) is 47.9 Å². The number of rotatable bonds is 11. The van der Waals surface area contributed by atoms with Crippen LogP contribution in [0.25, 0.3) is 0 Å². The first kappa shape index (κ1) is 29.4. The van der Waals surface area contributed by atoms with Crippen molar-refractivity contribution in [3.63, 3.8) is 0 Å². The molecule has 0 aliphatic carbocycles. The molecule has 3 aromatic carbocycles. The van der Waals surface area contributed by atoms with Crippen molar-refractivity contribution in [1.29, 1.82) is 0 Å². The molecule has 0 atom stereocenters. The lowest BCUT2D eigenvalue weighted by molar-refractivity contribution is -0.142. The Bertz CT molecular complexity index is 1460. The van der Waals surface area contributed by atoms with E-state index < -0.39 is 5.97 Å². The Morgan fingerprint density at radius 2 is 1.25 bits per heavy atom. The van der Waals surface area contributed by atoms with E-state index in [9.17, 15) is 9.59 Å². The number of carboxylic acid groups (broad SMARTS) is 1. The van der Waals surface area contributed by atoms with Crippen molar-refractivity contribution in [2.75, 3.05) is 19.8 Å². The van der Waals surface area contributed by atoms with E-state index in [2.05, 4.69) is 23.7 Å². The molecule has 0 heterocycles. The van der Waals surface area contributed by atoms with E-state index in [-0.39, 0.29) is 18.8 Å². The zero-order chi connectivity index (χ0) is 28.4. The van der Waals surface area contributed by atoms with Gasteiger partial charge in [-0.05, 0) is 90.9 Å². The van der Waals surface area contributed by atoms with Gasteiger partial charge in [-0.25, -0.2) is 0 Å². The van der Waals surface area contributed by atoms with Gasteiger partial charge in [0.2, 0.25) is 0 Å². The summed E-state index contributed by atoms with van der Waals surface area (Å²) in [6.45, 7) is 2.85. The van der Waals surface area contributed by atoms with Crippen LogP contribution in [0.5, 0.6) is 11.5 Å². The fourth-order valence-electron chi connectivity index (χ4n) is 3.43. The number of carboxylic acids is 1. The van der Waals surface area contributed by atoms with Crippen molar-refractivity contribution in [3.05, 3.63) is 119 Å². The summed E-state index contributed by atoms with van der Waals surface area (Å²) in [4.78, 5) is 22.5. The topological polar surface area (TPSA) is 82.1 Å². The molecule has 0 saturated carbocycles. The fraction of sp³-hybridized carbons (Fsp3) is 0.176. The number of carbonyl (C=O) groups excluding carboxylic acids is 1. The number of allylic oxidation sites excluding steroid dienone is 2. The normalized spacial score (nSPS) is 10.3. The third-order valence-corrected chi connectivity index (χ3v) is 5.22. The zero-order valence-electron chi connectivity index (χ0n) is 22.3. The molecular formula is C34H30O6. The van der Waals surface area contributed by atoms with Crippen LogP contribution in [0.4, 0.5) is 0 Å². The van der Waals surface area contributed by atoms with Gasteiger partial charge in [-0.3, -0.25) is 9.59 Å². The van der Waals surface area contributed by atoms with Crippen LogP contribution in [0.2, 0.25) is 0 Å². The molecule has 0 aliphatic heterocycles. The summed E-state index contributed by atoms with van der Waals surface area (Å²) >= 11 is 0. The van der Waals surface area contributed by atoms with Gasteiger partial charge in [-0.15, -0.1) is 0 Å². The van der Waals surface area contributed by atoms with Crippen molar-refractivity contribution < 1.29 is 28.9 Å². The highest BCUT2D eigenvalue weighted by Gasteiger charge is 2.05. The predicted octanol–water partition coefficient (Wildman–Crippen LogP) is 5.39. The van der Waals surface area contributed by atoms with Crippen LogP contribution in [0.3, 0.4) is 0 Å². The average Bonchev–Trinajstić information content (AvgIpc) is 2.93. The summed E-state index contributed by atoms with van der Waals surface area (Å²) in [5.74, 6) is 12.3. The maximum atomic E-state index is 11.6. The third kappa shape index (κ3) is 11.5. The third-order valence-electron chi connectivity index (χ3n) is 5.22. The van der Waals surface area contributed by atoms with E-state index in [1.165, 1.54) is 0 Å². The molecule has 0 bridgehead atoms. The minimum Gasteiger partial charge on any atom is -0.490 e. The van der Waals surface area contributed by atoms with Crippen LogP contribution >= 0.6 is 0 Å². The smallest absolute Gasteiger partial charge is 0.310 e. The minimum atomic E-state index is -0.876. The van der Waals surface area contributed by atoms with Crippen molar-refractivity contribution >= 4 is 11.9 Å². The highest BCUT2D eigenvalue weighted by molar-refractivity contribution is 5.72. The molecule has 0 aromatic heterocycles. The van der Waals surface area contributed by atoms with Gasteiger partial charge in [0.05, 0.1) is 19.4 Å². The Morgan fingerprint density at radius 1 is 0.750 bits per heavy atom. The Balaban J connectivity index is 1.39. The van der Waals surface area contributed by atoms with E-state index in [4.69, 9.17) is 19.3 Å². The summed E-state index contributed by atoms with van der Waals surface area (Å²) in [5.41, 5.74) is 3.28. The van der Waals surface area contributed by atoms with E-state index in [1.807, 2.05) is 54.6 Å². The molecule has 0 aliphatic rings. The lowest BCUT2D eigenvalue weighted by Gasteiger charge is -2.06. The molecule has 6 nitrogen and oxygen atoms in total. The van der Waals surface area contributed by atoms with Gasteiger partial charge in [0.1, 0.15) is 24.7 Å². The van der Waals surface area contributed by atoms with Crippen LogP contribution in [0, 0.1) is 23.7 Å². The summed E-state index contributed by atoms with van der Waals surface area (Å²) in [6.07, 6.45) is 7.27. The molecule has 0 spiro atoms. The molecular weight excluding hydrogens is 504 g/mol. The largest absolute Gasteiger partial charge is 0.490 e. The lowest BCUT2D eigenvalue weighted by Crippen LogP contribution is -2.07. The molecule has 40 heavy (non-hydrogen) atoms. The average molecular weight is 535 g/mol. The van der Waals surface area contributed by atoms with E-state index >= 15 is 0 Å². The van der Waals surface area contributed by atoms with Crippen LogP contribution in [-0.4, -0.2) is 36.9 Å². The number of benzene rings is 3. The highest BCUT2D eigenvalue weighted by Crippen LogP contribution is 2.15.